The van der Waals surface area contributed by atoms with Crippen molar-refractivity contribution >= 4 is 22.3 Å². The lowest BCUT2D eigenvalue weighted by Gasteiger charge is -2.24. The summed E-state index contributed by atoms with van der Waals surface area (Å²) < 4.78 is 11.5. The fraction of sp³-hybridized carbons (Fsp3) is 0.318. The van der Waals surface area contributed by atoms with E-state index >= 15 is 0 Å². The zero-order valence-corrected chi connectivity index (χ0v) is 15.8. The van der Waals surface area contributed by atoms with Crippen LogP contribution in [0.1, 0.15) is 18.4 Å². The van der Waals surface area contributed by atoms with Gasteiger partial charge in [-0.1, -0.05) is 6.07 Å². The van der Waals surface area contributed by atoms with E-state index in [1.807, 2.05) is 30.5 Å². The number of piperidine rings is 1. The van der Waals surface area contributed by atoms with E-state index in [0.717, 1.165) is 65.3 Å². The summed E-state index contributed by atoms with van der Waals surface area (Å²) in [6, 6.07) is 14.2. The zero-order chi connectivity index (χ0) is 18.6. The van der Waals surface area contributed by atoms with Crippen LogP contribution < -0.4 is 20.1 Å². The molecule has 0 atom stereocenters. The minimum atomic E-state index is 0.294. The van der Waals surface area contributed by atoms with Gasteiger partial charge in [0.1, 0.15) is 23.4 Å². The third-order valence-corrected chi connectivity index (χ3v) is 4.99. The topological polar surface area (TPSA) is 55.4 Å². The molecule has 27 heavy (non-hydrogen) atoms. The Kier molecular flexibility index (Phi) is 5.12. The predicted octanol–water partition coefficient (Wildman–Crippen LogP) is 4.43. The molecule has 1 aromatic heterocycles. The smallest absolute Gasteiger partial charge is 0.130 e. The van der Waals surface area contributed by atoms with Crippen LogP contribution >= 0.6 is 0 Å². The number of nitrogens with one attached hydrogen (secondary N) is 2. The SMILES string of the molecule is COc1ccc(C)c(Nc2cc3cc(OC4CCNCC4)ccc3cn2)c1. The van der Waals surface area contributed by atoms with Crippen LogP contribution in [0.15, 0.2) is 48.7 Å². The summed E-state index contributed by atoms with van der Waals surface area (Å²) in [4.78, 5) is 4.54. The number of methoxy groups -OCH3 is 1. The second-order valence-electron chi connectivity index (χ2n) is 6.95. The third kappa shape index (κ3) is 4.14. The van der Waals surface area contributed by atoms with Crippen LogP contribution in [0, 0.1) is 6.92 Å². The van der Waals surface area contributed by atoms with E-state index in [1.54, 1.807) is 7.11 Å². The van der Waals surface area contributed by atoms with E-state index in [-0.39, 0.29) is 0 Å². The van der Waals surface area contributed by atoms with Gasteiger partial charge in [0.2, 0.25) is 0 Å². The number of benzene rings is 2. The molecule has 5 heteroatoms. The lowest BCUT2D eigenvalue weighted by Crippen LogP contribution is -2.34. The van der Waals surface area contributed by atoms with E-state index < -0.39 is 0 Å². The molecule has 3 aromatic rings. The molecule has 0 spiro atoms. The maximum atomic E-state index is 6.17. The average Bonchev–Trinajstić information content (AvgIpc) is 2.70. The van der Waals surface area contributed by atoms with Crippen molar-refractivity contribution in [2.45, 2.75) is 25.9 Å². The van der Waals surface area contributed by atoms with Crippen molar-refractivity contribution in [1.29, 1.82) is 0 Å². The average molecular weight is 363 g/mol. The van der Waals surface area contributed by atoms with Crippen LogP contribution in [0.25, 0.3) is 10.8 Å². The Balaban J connectivity index is 1.57. The van der Waals surface area contributed by atoms with Crippen LogP contribution in [0.3, 0.4) is 0 Å². The molecule has 1 aliphatic heterocycles. The largest absolute Gasteiger partial charge is 0.497 e. The minimum absolute atomic E-state index is 0.294. The Morgan fingerprint density at radius 1 is 1.00 bits per heavy atom. The first kappa shape index (κ1) is 17.6. The normalized spacial score (nSPS) is 14.9. The van der Waals surface area contributed by atoms with E-state index in [2.05, 4.69) is 40.7 Å². The van der Waals surface area contributed by atoms with Crippen LogP contribution in [0.4, 0.5) is 11.5 Å². The summed E-state index contributed by atoms with van der Waals surface area (Å²) >= 11 is 0. The van der Waals surface area contributed by atoms with Crippen molar-refractivity contribution in [2.24, 2.45) is 0 Å². The molecule has 0 unspecified atom stereocenters. The number of hydrogen-bond donors (Lipinski definition) is 2. The quantitative estimate of drug-likeness (QED) is 0.702. The number of pyridine rings is 1. The standard InChI is InChI=1S/C22H25N3O2/c1-15-3-5-19(26-2)13-21(15)25-22-12-17-11-20(6-4-16(17)14-24-22)27-18-7-9-23-10-8-18/h3-6,11-14,18,23H,7-10H2,1-2H3,(H,24,25). The predicted molar refractivity (Wildman–Crippen MR) is 109 cm³/mol. The molecule has 2 N–H and O–H groups in total. The molecule has 1 saturated heterocycles. The van der Waals surface area contributed by atoms with Crippen LogP contribution in [0.5, 0.6) is 11.5 Å². The Labute approximate surface area is 159 Å². The molecule has 0 aliphatic carbocycles. The summed E-state index contributed by atoms with van der Waals surface area (Å²) in [6.07, 6.45) is 4.29. The van der Waals surface area contributed by atoms with E-state index in [0.29, 0.717) is 6.10 Å². The second-order valence-corrected chi connectivity index (χ2v) is 6.95. The Hall–Kier alpha value is -2.79. The lowest BCUT2D eigenvalue weighted by molar-refractivity contribution is 0.162. The monoisotopic (exact) mass is 363 g/mol. The zero-order valence-electron chi connectivity index (χ0n) is 15.8. The Bertz CT molecular complexity index is 936. The van der Waals surface area contributed by atoms with Gasteiger partial charge in [-0.2, -0.15) is 0 Å². The van der Waals surface area contributed by atoms with Gasteiger partial charge in [-0.05, 0) is 74.1 Å². The number of fused-ring (bicyclic) bond motifs is 1. The fourth-order valence-corrected chi connectivity index (χ4v) is 3.37. The van der Waals surface area contributed by atoms with Gasteiger partial charge in [-0.3, -0.25) is 0 Å². The first-order valence-corrected chi connectivity index (χ1v) is 9.40. The van der Waals surface area contributed by atoms with Crippen LogP contribution in [-0.4, -0.2) is 31.3 Å². The molecule has 2 aromatic carbocycles. The van der Waals surface area contributed by atoms with Gasteiger partial charge in [0.25, 0.3) is 0 Å². The summed E-state index contributed by atoms with van der Waals surface area (Å²) in [5.74, 6) is 2.54. The number of hydrogen-bond acceptors (Lipinski definition) is 5. The van der Waals surface area contributed by atoms with Crippen LogP contribution in [-0.2, 0) is 0 Å². The Morgan fingerprint density at radius 2 is 1.81 bits per heavy atom. The van der Waals surface area contributed by atoms with Crippen molar-refractivity contribution < 1.29 is 9.47 Å². The highest BCUT2D eigenvalue weighted by Crippen LogP contribution is 2.28. The van der Waals surface area contributed by atoms with Crippen molar-refractivity contribution in [3.05, 3.63) is 54.2 Å². The van der Waals surface area contributed by atoms with Crippen molar-refractivity contribution in [1.82, 2.24) is 10.3 Å². The molecule has 4 rings (SSSR count). The second kappa shape index (κ2) is 7.84. The van der Waals surface area contributed by atoms with Gasteiger partial charge in [-0.25, -0.2) is 4.98 Å². The van der Waals surface area contributed by atoms with Gasteiger partial charge in [0, 0.05) is 23.3 Å². The molecular formula is C22H25N3O2. The highest BCUT2D eigenvalue weighted by Gasteiger charge is 2.14. The number of ether oxygens (including phenoxy) is 2. The van der Waals surface area contributed by atoms with Crippen LogP contribution in [0.2, 0.25) is 0 Å². The number of nitrogens with zero attached hydrogens (tertiary/aromatic N) is 1. The van der Waals surface area contributed by atoms with Gasteiger partial charge in [0.05, 0.1) is 7.11 Å². The summed E-state index contributed by atoms with van der Waals surface area (Å²) in [7, 11) is 1.67. The molecule has 0 amide bonds. The van der Waals surface area contributed by atoms with E-state index in [4.69, 9.17) is 9.47 Å². The molecule has 2 heterocycles. The van der Waals surface area contributed by atoms with Crippen molar-refractivity contribution in [2.75, 3.05) is 25.5 Å². The summed E-state index contributed by atoms with van der Waals surface area (Å²) in [6.45, 7) is 4.11. The highest BCUT2D eigenvalue weighted by molar-refractivity contribution is 5.86. The van der Waals surface area contributed by atoms with Gasteiger partial charge < -0.3 is 20.1 Å². The Morgan fingerprint density at radius 3 is 2.63 bits per heavy atom. The van der Waals surface area contributed by atoms with Gasteiger partial charge in [0.15, 0.2) is 0 Å². The maximum Gasteiger partial charge on any atom is 0.130 e. The first-order chi connectivity index (χ1) is 13.2. The van der Waals surface area contributed by atoms with Crippen molar-refractivity contribution in [3.8, 4) is 11.5 Å². The molecule has 0 saturated carbocycles. The number of aryl methyl sites for hydroxylation is 1. The molecule has 1 fully saturated rings. The third-order valence-electron chi connectivity index (χ3n) is 4.99. The van der Waals surface area contributed by atoms with E-state index in [9.17, 15) is 0 Å². The number of rotatable bonds is 5. The molecule has 5 nitrogen and oxygen atoms in total. The molecular weight excluding hydrogens is 338 g/mol. The molecule has 0 bridgehead atoms. The number of anilines is 2. The minimum Gasteiger partial charge on any atom is -0.497 e. The summed E-state index contributed by atoms with van der Waals surface area (Å²) in [5.41, 5.74) is 2.13. The van der Waals surface area contributed by atoms with Gasteiger partial charge in [-0.15, -0.1) is 0 Å². The summed E-state index contributed by atoms with van der Waals surface area (Å²) in [5, 5.41) is 8.98. The lowest BCUT2D eigenvalue weighted by atomic mass is 10.1. The molecule has 0 radical (unpaired) electrons. The van der Waals surface area contributed by atoms with Gasteiger partial charge >= 0.3 is 0 Å². The highest BCUT2D eigenvalue weighted by atomic mass is 16.5. The van der Waals surface area contributed by atoms with Crippen molar-refractivity contribution in [3.63, 3.8) is 0 Å². The first-order valence-electron chi connectivity index (χ1n) is 9.40. The molecule has 1 aliphatic rings. The fourth-order valence-electron chi connectivity index (χ4n) is 3.37. The number of aromatic nitrogens is 1. The maximum absolute atomic E-state index is 6.17. The molecule has 140 valence electrons. The van der Waals surface area contributed by atoms with E-state index in [1.165, 1.54) is 0 Å².